The van der Waals surface area contributed by atoms with Crippen molar-refractivity contribution >= 4 is 11.6 Å². The molecule has 98 valence electrons. The Balaban J connectivity index is 2.06. The highest BCUT2D eigenvalue weighted by Crippen LogP contribution is 2.23. The lowest BCUT2D eigenvalue weighted by atomic mass is 9.94. The standard InChI is InChI=1S/C14H20N2O2/c1-3-11-9-15-7-6-13(11)16-14(17)12-5-4-8-18-10(12)2/h6-7,9-10,12H,3-5,8H2,1-2H3,(H,15,16,17)/t10-,12-/m0/s1. The number of pyridine rings is 1. The number of hydrogen-bond donors (Lipinski definition) is 1. The summed E-state index contributed by atoms with van der Waals surface area (Å²) in [5.74, 6) is 0.0136. The van der Waals surface area contributed by atoms with Gasteiger partial charge in [-0.1, -0.05) is 6.92 Å². The molecule has 0 aromatic carbocycles. The third-order valence-corrected chi connectivity index (χ3v) is 3.49. The van der Waals surface area contributed by atoms with Gasteiger partial charge in [-0.2, -0.15) is 0 Å². The quantitative estimate of drug-likeness (QED) is 0.893. The molecule has 1 saturated heterocycles. The number of aryl methyl sites for hydroxylation is 1. The van der Waals surface area contributed by atoms with E-state index in [0.717, 1.165) is 37.1 Å². The fraction of sp³-hybridized carbons (Fsp3) is 0.571. The molecule has 18 heavy (non-hydrogen) atoms. The van der Waals surface area contributed by atoms with Gasteiger partial charge in [-0.15, -0.1) is 0 Å². The topological polar surface area (TPSA) is 51.2 Å². The second kappa shape index (κ2) is 5.96. The molecule has 0 bridgehead atoms. The molecule has 4 heteroatoms. The molecule has 1 N–H and O–H groups in total. The second-order valence-corrected chi connectivity index (χ2v) is 4.70. The lowest BCUT2D eigenvalue weighted by Crippen LogP contribution is -2.36. The molecule has 0 unspecified atom stereocenters. The van der Waals surface area contributed by atoms with Crippen LogP contribution in [0.3, 0.4) is 0 Å². The van der Waals surface area contributed by atoms with E-state index in [-0.39, 0.29) is 17.9 Å². The number of ether oxygens (including phenoxy) is 1. The van der Waals surface area contributed by atoms with E-state index in [1.54, 1.807) is 12.4 Å². The maximum atomic E-state index is 12.2. The van der Waals surface area contributed by atoms with Crippen LogP contribution >= 0.6 is 0 Å². The Morgan fingerprint density at radius 1 is 1.61 bits per heavy atom. The SMILES string of the molecule is CCc1cnccc1NC(=O)[C@H]1CCCO[C@H]1C. The van der Waals surface area contributed by atoms with Gasteiger partial charge in [0, 0.05) is 24.7 Å². The van der Waals surface area contributed by atoms with Gasteiger partial charge in [0.2, 0.25) is 5.91 Å². The minimum Gasteiger partial charge on any atom is -0.378 e. The minimum absolute atomic E-state index is 0.00524. The van der Waals surface area contributed by atoms with Crippen molar-refractivity contribution in [2.45, 2.75) is 39.2 Å². The Morgan fingerprint density at radius 3 is 3.17 bits per heavy atom. The van der Waals surface area contributed by atoms with Crippen molar-refractivity contribution in [3.05, 3.63) is 24.0 Å². The third-order valence-electron chi connectivity index (χ3n) is 3.49. The fourth-order valence-electron chi connectivity index (χ4n) is 2.32. The van der Waals surface area contributed by atoms with Crippen LogP contribution in [-0.4, -0.2) is 23.6 Å². The lowest BCUT2D eigenvalue weighted by Gasteiger charge is -2.28. The summed E-state index contributed by atoms with van der Waals surface area (Å²) in [6.45, 7) is 4.79. The molecule has 1 aromatic heterocycles. The summed E-state index contributed by atoms with van der Waals surface area (Å²) in [6, 6.07) is 1.85. The summed E-state index contributed by atoms with van der Waals surface area (Å²) in [4.78, 5) is 16.3. The van der Waals surface area contributed by atoms with Gasteiger partial charge in [-0.05, 0) is 37.8 Å². The number of hydrogen-bond acceptors (Lipinski definition) is 3. The first-order valence-corrected chi connectivity index (χ1v) is 6.57. The molecule has 2 atom stereocenters. The predicted molar refractivity (Wildman–Crippen MR) is 70.4 cm³/mol. The fourth-order valence-corrected chi connectivity index (χ4v) is 2.32. The summed E-state index contributed by atoms with van der Waals surface area (Å²) >= 11 is 0. The van der Waals surface area contributed by atoms with E-state index in [4.69, 9.17) is 4.74 Å². The van der Waals surface area contributed by atoms with Crippen molar-refractivity contribution in [2.75, 3.05) is 11.9 Å². The van der Waals surface area contributed by atoms with Crippen LogP contribution in [0.25, 0.3) is 0 Å². The number of carbonyl (C=O) groups excluding carboxylic acids is 1. The number of carbonyl (C=O) groups is 1. The average molecular weight is 248 g/mol. The van der Waals surface area contributed by atoms with E-state index < -0.39 is 0 Å². The van der Waals surface area contributed by atoms with Crippen LogP contribution < -0.4 is 5.32 Å². The van der Waals surface area contributed by atoms with E-state index in [9.17, 15) is 4.79 Å². The number of amides is 1. The first kappa shape index (κ1) is 13.0. The number of nitrogens with zero attached hydrogens (tertiary/aromatic N) is 1. The zero-order valence-corrected chi connectivity index (χ0v) is 11.0. The second-order valence-electron chi connectivity index (χ2n) is 4.70. The van der Waals surface area contributed by atoms with E-state index in [0.29, 0.717) is 0 Å². The highest BCUT2D eigenvalue weighted by atomic mass is 16.5. The number of rotatable bonds is 3. The van der Waals surface area contributed by atoms with E-state index in [2.05, 4.69) is 17.2 Å². The van der Waals surface area contributed by atoms with E-state index >= 15 is 0 Å². The maximum absolute atomic E-state index is 12.2. The van der Waals surface area contributed by atoms with Crippen LogP contribution in [0.5, 0.6) is 0 Å². The van der Waals surface area contributed by atoms with Crippen molar-refractivity contribution < 1.29 is 9.53 Å². The summed E-state index contributed by atoms with van der Waals surface area (Å²) in [5.41, 5.74) is 1.94. The van der Waals surface area contributed by atoms with Gasteiger partial charge in [0.25, 0.3) is 0 Å². The van der Waals surface area contributed by atoms with Gasteiger partial charge in [0.05, 0.1) is 12.0 Å². The Morgan fingerprint density at radius 2 is 2.44 bits per heavy atom. The molecule has 0 radical (unpaired) electrons. The van der Waals surface area contributed by atoms with Crippen LogP contribution in [0.15, 0.2) is 18.5 Å². The highest BCUT2D eigenvalue weighted by Gasteiger charge is 2.28. The van der Waals surface area contributed by atoms with Crippen molar-refractivity contribution in [1.82, 2.24) is 4.98 Å². The Hall–Kier alpha value is -1.42. The van der Waals surface area contributed by atoms with Gasteiger partial charge in [-0.25, -0.2) is 0 Å². The van der Waals surface area contributed by atoms with Crippen LogP contribution in [0, 0.1) is 5.92 Å². The first-order valence-electron chi connectivity index (χ1n) is 6.57. The Labute approximate surface area is 108 Å². The molecule has 2 heterocycles. The van der Waals surface area contributed by atoms with Gasteiger partial charge >= 0.3 is 0 Å². The predicted octanol–water partition coefficient (Wildman–Crippen LogP) is 2.40. The van der Waals surface area contributed by atoms with Crippen molar-refractivity contribution in [1.29, 1.82) is 0 Å². The van der Waals surface area contributed by atoms with E-state index in [1.165, 1.54) is 0 Å². The number of aromatic nitrogens is 1. The minimum atomic E-state index is -0.0448. The van der Waals surface area contributed by atoms with Gasteiger partial charge < -0.3 is 10.1 Å². The van der Waals surface area contributed by atoms with Gasteiger partial charge in [0.1, 0.15) is 0 Å². The third kappa shape index (κ3) is 2.88. The first-order chi connectivity index (χ1) is 8.72. The molecule has 1 fully saturated rings. The zero-order chi connectivity index (χ0) is 13.0. The van der Waals surface area contributed by atoms with Crippen molar-refractivity contribution in [2.24, 2.45) is 5.92 Å². The molecular weight excluding hydrogens is 228 g/mol. The molecule has 0 aliphatic carbocycles. The van der Waals surface area contributed by atoms with Crippen molar-refractivity contribution in [3.63, 3.8) is 0 Å². The monoisotopic (exact) mass is 248 g/mol. The van der Waals surface area contributed by atoms with E-state index in [1.807, 2.05) is 13.0 Å². The zero-order valence-electron chi connectivity index (χ0n) is 11.0. The number of nitrogens with one attached hydrogen (secondary N) is 1. The summed E-state index contributed by atoms with van der Waals surface area (Å²) in [5, 5.41) is 3.00. The lowest BCUT2D eigenvalue weighted by molar-refractivity contribution is -0.127. The molecule has 1 aliphatic heterocycles. The van der Waals surface area contributed by atoms with Gasteiger partial charge in [0.15, 0.2) is 0 Å². The molecule has 1 amide bonds. The van der Waals surface area contributed by atoms with Crippen LogP contribution in [0.1, 0.15) is 32.3 Å². The molecule has 0 saturated carbocycles. The Kier molecular flexibility index (Phi) is 4.31. The molecule has 0 spiro atoms. The smallest absolute Gasteiger partial charge is 0.230 e. The van der Waals surface area contributed by atoms with Gasteiger partial charge in [-0.3, -0.25) is 9.78 Å². The number of anilines is 1. The average Bonchev–Trinajstić information content (AvgIpc) is 2.39. The normalized spacial score (nSPS) is 23.7. The Bertz CT molecular complexity index is 420. The largest absolute Gasteiger partial charge is 0.378 e. The summed E-state index contributed by atoms with van der Waals surface area (Å²) in [7, 11) is 0. The molecule has 1 aliphatic rings. The highest BCUT2D eigenvalue weighted by molar-refractivity contribution is 5.93. The maximum Gasteiger partial charge on any atom is 0.230 e. The molecule has 2 rings (SSSR count). The summed E-state index contributed by atoms with van der Waals surface area (Å²) < 4.78 is 5.53. The van der Waals surface area contributed by atoms with Crippen LogP contribution in [-0.2, 0) is 16.0 Å². The van der Waals surface area contributed by atoms with Crippen molar-refractivity contribution in [3.8, 4) is 0 Å². The molecular formula is C14H20N2O2. The van der Waals surface area contributed by atoms with Crippen LogP contribution in [0.2, 0.25) is 0 Å². The van der Waals surface area contributed by atoms with Crippen LogP contribution in [0.4, 0.5) is 5.69 Å². The molecule has 1 aromatic rings. The molecule has 4 nitrogen and oxygen atoms in total. The summed E-state index contributed by atoms with van der Waals surface area (Å²) in [6.07, 6.45) is 6.23.